The fourth-order valence-electron chi connectivity index (χ4n) is 1.58. The molecule has 0 radical (unpaired) electrons. The lowest BCUT2D eigenvalue weighted by molar-refractivity contribution is -0.137. The van der Waals surface area contributed by atoms with Crippen LogP contribution in [-0.2, 0) is 4.79 Å². The molecule has 19 heavy (non-hydrogen) atoms. The number of nitrogens with zero attached hydrogens (tertiary/aromatic N) is 2. The molecular formula is C13H12ClN3O2. The topological polar surface area (TPSA) is 89.1 Å². The van der Waals surface area contributed by atoms with Crippen LogP contribution in [0.5, 0.6) is 0 Å². The zero-order valence-corrected chi connectivity index (χ0v) is 10.7. The van der Waals surface area contributed by atoms with Crippen molar-refractivity contribution in [1.82, 2.24) is 9.97 Å². The van der Waals surface area contributed by atoms with E-state index in [1.54, 1.807) is 24.5 Å². The third-order valence-electron chi connectivity index (χ3n) is 2.60. The molecule has 1 unspecified atom stereocenters. The van der Waals surface area contributed by atoms with Crippen molar-refractivity contribution in [2.75, 3.05) is 0 Å². The van der Waals surface area contributed by atoms with Gasteiger partial charge in [0.15, 0.2) is 5.82 Å². The SMILES string of the molecule is NC(CC(=O)O)c1cnc(-c2ccc(Cl)cc2)nc1. The second kappa shape index (κ2) is 5.77. The van der Waals surface area contributed by atoms with E-state index in [-0.39, 0.29) is 6.42 Å². The maximum absolute atomic E-state index is 10.6. The van der Waals surface area contributed by atoms with Crippen molar-refractivity contribution in [2.45, 2.75) is 12.5 Å². The normalized spacial score (nSPS) is 12.1. The Hall–Kier alpha value is -1.98. The van der Waals surface area contributed by atoms with E-state index in [2.05, 4.69) is 9.97 Å². The van der Waals surface area contributed by atoms with Crippen LogP contribution in [0.3, 0.4) is 0 Å². The number of benzene rings is 1. The zero-order chi connectivity index (χ0) is 13.8. The van der Waals surface area contributed by atoms with Gasteiger partial charge in [0.25, 0.3) is 0 Å². The van der Waals surface area contributed by atoms with Crippen LogP contribution in [0.4, 0.5) is 0 Å². The van der Waals surface area contributed by atoms with Crippen molar-refractivity contribution in [3.8, 4) is 11.4 Å². The highest BCUT2D eigenvalue weighted by molar-refractivity contribution is 6.30. The number of rotatable bonds is 4. The highest BCUT2D eigenvalue weighted by Gasteiger charge is 2.11. The summed E-state index contributed by atoms with van der Waals surface area (Å²) < 4.78 is 0. The number of hydrogen-bond acceptors (Lipinski definition) is 4. The van der Waals surface area contributed by atoms with E-state index in [0.717, 1.165) is 5.56 Å². The average molecular weight is 278 g/mol. The van der Waals surface area contributed by atoms with Gasteiger partial charge in [-0.05, 0) is 24.3 Å². The molecule has 2 rings (SSSR count). The van der Waals surface area contributed by atoms with Gasteiger partial charge >= 0.3 is 5.97 Å². The minimum absolute atomic E-state index is 0.149. The summed E-state index contributed by atoms with van der Waals surface area (Å²) in [6.07, 6.45) is 2.94. The van der Waals surface area contributed by atoms with Gasteiger partial charge in [0.1, 0.15) is 0 Å². The van der Waals surface area contributed by atoms with Crippen LogP contribution in [0.15, 0.2) is 36.7 Å². The Morgan fingerprint density at radius 3 is 2.37 bits per heavy atom. The van der Waals surface area contributed by atoms with Gasteiger partial charge in [0, 0.05) is 34.6 Å². The Balaban J connectivity index is 2.18. The maximum atomic E-state index is 10.6. The van der Waals surface area contributed by atoms with Gasteiger partial charge < -0.3 is 10.8 Å². The van der Waals surface area contributed by atoms with Crippen molar-refractivity contribution in [1.29, 1.82) is 0 Å². The predicted molar refractivity (Wildman–Crippen MR) is 71.7 cm³/mol. The van der Waals surface area contributed by atoms with Crippen LogP contribution in [0, 0.1) is 0 Å². The van der Waals surface area contributed by atoms with Crippen molar-refractivity contribution in [3.63, 3.8) is 0 Å². The molecule has 0 saturated heterocycles. The number of nitrogens with two attached hydrogens (primary N) is 1. The van der Waals surface area contributed by atoms with E-state index < -0.39 is 12.0 Å². The monoisotopic (exact) mass is 277 g/mol. The van der Waals surface area contributed by atoms with Gasteiger partial charge in [-0.3, -0.25) is 4.79 Å². The van der Waals surface area contributed by atoms with Gasteiger partial charge in [-0.2, -0.15) is 0 Å². The summed E-state index contributed by atoms with van der Waals surface area (Å²) in [6.45, 7) is 0. The number of carboxylic acids is 1. The molecule has 1 heterocycles. The molecule has 0 aliphatic carbocycles. The molecule has 0 aliphatic heterocycles. The first-order valence-electron chi connectivity index (χ1n) is 5.61. The standard InChI is InChI=1S/C13H12ClN3O2/c14-10-3-1-8(2-4-10)13-16-6-9(7-17-13)11(15)5-12(18)19/h1-4,6-7,11H,5,15H2,(H,18,19). The Morgan fingerprint density at radius 2 is 1.84 bits per heavy atom. The van der Waals surface area contributed by atoms with Crippen LogP contribution in [-0.4, -0.2) is 21.0 Å². The van der Waals surface area contributed by atoms with E-state index in [9.17, 15) is 4.79 Å². The van der Waals surface area contributed by atoms with E-state index in [1.807, 2.05) is 12.1 Å². The lowest BCUT2D eigenvalue weighted by Gasteiger charge is -2.08. The van der Waals surface area contributed by atoms with Gasteiger partial charge in [0.2, 0.25) is 0 Å². The van der Waals surface area contributed by atoms with E-state index in [0.29, 0.717) is 16.4 Å². The quantitative estimate of drug-likeness (QED) is 0.895. The van der Waals surface area contributed by atoms with Crippen LogP contribution in [0.1, 0.15) is 18.0 Å². The number of aromatic nitrogens is 2. The first-order chi connectivity index (χ1) is 9.06. The second-order valence-corrected chi connectivity index (χ2v) is 4.49. The lowest BCUT2D eigenvalue weighted by Crippen LogP contribution is -2.15. The fraction of sp³-hybridized carbons (Fsp3) is 0.154. The summed E-state index contributed by atoms with van der Waals surface area (Å²) >= 11 is 5.80. The Bertz CT molecular complexity index is 569. The maximum Gasteiger partial charge on any atom is 0.305 e. The first-order valence-corrected chi connectivity index (χ1v) is 5.99. The van der Waals surface area contributed by atoms with Crippen LogP contribution in [0.2, 0.25) is 5.02 Å². The molecule has 1 atom stereocenters. The second-order valence-electron chi connectivity index (χ2n) is 4.05. The van der Waals surface area contributed by atoms with Crippen molar-refractivity contribution >= 4 is 17.6 Å². The minimum atomic E-state index is -0.950. The van der Waals surface area contributed by atoms with E-state index in [1.165, 1.54) is 0 Å². The van der Waals surface area contributed by atoms with Crippen LogP contribution in [0.25, 0.3) is 11.4 Å². The number of hydrogen-bond donors (Lipinski definition) is 2. The summed E-state index contributed by atoms with van der Waals surface area (Å²) in [7, 11) is 0. The number of halogens is 1. The molecule has 0 fully saturated rings. The number of carboxylic acid groups (broad SMARTS) is 1. The first kappa shape index (κ1) is 13.5. The van der Waals surface area contributed by atoms with E-state index in [4.69, 9.17) is 22.4 Å². The third kappa shape index (κ3) is 3.49. The summed E-state index contributed by atoms with van der Waals surface area (Å²) in [5.41, 5.74) is 7.16. The van der Waals surface area contributed by atoms with Crippen LogP contribution >= 0.6 is 11.6 Å². The molecule has 0 bridgehead atoms. The molecular weight excluding hydrogens is 266 g/mol. The molecule has 2 aromatic rings. The molecule has 0 saturated carbocycles. The van der Waals surface area contributed by atoms with Gasteiger partial charge in [-0.25, -0.2) is 9.97 Å². The predicted octanol–water partition coefficient (Wildman–Crippen LogP) is 2.27. The molecule has 1 aromatic heterocycles. The molecule has 0 aliphatic rings. The highest BCUT2D eigenvalue weighted by atomic mass is 35.5. The summed E-state index contributed by atoms with van der Waals surface area (Å²) in [5, 5.41) is 9.31. The molecule has 6 heteroatoms. The van der Waals surface area contributed by atoms with Crippen molar-refractivity contribution < 1.29 is 9.90 Å². The fourth-order valence-corrected chi connectivity index (χ4v) is 1.71. The third-order valence-corrected chi connectivity index (χ3v) is 2.85. The highest BCUT2D eigenvalue weighted by Crippen LogP contribution is 2.19. The Kier molecular flexibility index (Phi) is 4.09. The molecule has 0 amide bonds. The Morgan fingerprint density at radius 1 is 1.26 bits per heavy atom. The summed E-state index contributed by atoms with van der Waals surface area (Å²) in [6, 6.07) is 6.54. The lowest BCUT2D eigenvalue weighted by atomic mass is 10.1. The molecule has 5 nitrogen and oxygen atoms in total. The molecule has 3 N–H and O–H groups in total. The molecule has 1 aromatic carbocycles. The Labute approximate surface area is 115 Å². The smallest absolute Gasteiger partial charge is 0.305 e. The molecule has 98 valence electrons. The largest absolute Gasteiger partial charge is 0.481 e. The number of aliphatic carboxylic acids is 1. The van der Waals surface area contributed by atoms with E-state index >= 15 is 0 Å². The number of carbonyl (C=O) groups is 1. The average Bonchev–Trinajstić information content (AvgIpc) is 2.39. The molecule has 0 spiro atoms. The van der Waals surface area contributed by atoms with Gasteiger partial charge in [-0.1, -0.05) is 11.6 Å². The van der Waals surface area contributed by atoms with Crippen molar-refractivity contribution in [3.05, 3.63) is 47.2 Å². The summed E-state index contributed by atoms with van der Waals surface area (Å²) in [4.78, 5) is 18.9. The zero-order valence-electron chi connectivity index (χ0n) is 9.95. The van der Waals surface area contributed by atoms with Crippen LogP contribution < -0.4 is 5.73 Å². The van der Waals surface area contributed by atoms with Crippen molar-refractivity contribution in [2.24, 2.45) is 5.73 Å². The van der Waals surface area contributed by atoms with Gasteiger partial charge in [-0.15, -0.1) is 0 Å². The van der Waals surface area contributed by atoms with Gasteiger partial charge in [0.05, 0.1) is 6.42 Å². The summed E-state index contributed by atoms with van der Waals surface area (Å²) in [5.74, 6) is -0.405. The minimum Gasteiger partial charge on any atom is -0.481 e.